The summed E-state index contributed by atoms with van der Waals surface area (Å²) >= 11 is 0. The highest BCUT2D eigenvalue weighted by Gasteiger charge is 2.20. The Labute approximate surface area is 375 Å². The number of carbonyl (C=O) groups excluding carboxylic acids is 2. The van der Waals surface area contributed by atoms with Gasteiger partial charge in [0.05, 0.1) is 25.4 Å². The summed E-state index contributed by atoms with van der Waals surface area (Å²) in [5, 5.41) is 23.2. The molecule has 0 bridgehead atoms. The number of aliphatic hydroxyl groups excluding tert-OH is 2. The molecule has 2 unspecified atom stereocenters. The van der Waals surface area contributed by atoms with Gasteiger partial charge in [0, 0.05) is 12.8 Å². The summed E-state index contributed by atoms with van der Waals surface area (Å²) in [7, 11) is 0. The summed E-state index contributed by atoms with van der Waals surface area (Å²) in [6.07, 6.45) is 56.5. The first-order valence-corrected chi connectivity index (χ1v) is 27.3. The van der Waals surface area contributed by atoms with E-state index in [9.17, 15) is 19.8 Å². The van der Waals surface area contributed by atoms with Gasteiger partial charge in [0.15, 0.2) is 0 Å². The van der Waals surface area contributed by atoms with E-state index in [0.29, 0.717) is 25.9 Å². The third-order valence-corrected chi connectivity index (χ3v) is 12.9. The van der Waals surface area contributed by atoms with Gasteiger partial charge >= 0.3 is 5.97 Å². The van der Waals surface area contributed by atoms with Gasteiger partial charge in [-0.2, -0.15) is 0 Å². The molecule has 0 aromatic rings. The molecule has 0 aromatic carbocycles. The lowest BCUT2D eigenvalue weighted by atomic mass is 10.0. The van der Waals surface area contributed by atoms with E-state index in [1.807, 2.05) is 0 Å². The molecule has 3 N–H and O–H groups in total. The predicted octanol–water partition coefficient (Wildman–Crippen LogP) is 16.4. The zero-order chi connectivity index (χ0) is 43.7. The second-order valence-electron chi connectivity index (χ2n) is 18.9. The first kappa shape index (κ1) is 58.9. The Kier molecular flexibility index (Phi) is 49.5. The number of ether oxygens (including phenoxy) is 1. The van der Waals surface area contributed by atoms with E-state index in [1.54, 1.807) is 0 Å². The van der Waals surface area contributed by atoms with Crippen molar-refractivity contribution in [3.05, 3.63) is 0 Å². The van der Waals surface area contributed by atoms with Crippen molar-refractivity contribution in [3.63, 3.8) is 0 Å². The third-order valence-electron chi connectivity index (χ3n) is 12.9. The van der Waals surface area contributed by atoms with E-state index >= 15 is 0 Å². The number of esters is 1. The maximum atomic E-state index is 12.5. The smallest absolute Gasteiger partial charge is 0.305 e. The first-order chi connectivity index (χ1) is 29.5. The standard InChI is InChI=1S/C54H107NO5/c1-3-5-7-9-11-13-15-17-19-20-21-23-25-27-32-36-40-44-48-54(59)60-49-45-41-37-33-29-28-31-35-39-43-47-53(58)55-51(50-56)52(57)46-42-38-34-30-26-24-22-18-16-14-12-10-8-6-4-2/h51-52,56-57H,3-50H2,1-2H3,(H,55,58). The van der Waals surface area contributed by atoms with Gasteiger partial charge in [-0.05, 0) is 25.7 Å². The van der Waals surface area contributed by atoms with Gasteiger partial charge < -0.3 is 20.3 Å². The minimum Gasteiger partial charge on any atom is -0.466 e. The average Bonchev–Trinajstić information content (AvgIpc) is 3.25. The van der Waals surface area contributed by atoms with Crippen molar-refractivity contribution >= 4 is 11.9 Å². The number of unbranched alkanes of at least 4 members (excludes halogenated alkanes) is 40. The Morgan fingerprint density at radius 1 is 0.400 bits per heavy atom. The highest BCUT2D eigenvalue weighted by Crippen LogP contribution is 2.17. The second kappa shape index (κ2) is 50.5. The molecule has 6 heteroatoms. The fourth-order valence-corrected chi connectivity index (χ4v) is 8.70. The monoisotopic (exact) mass is 850 g/mol. The van der Waals surface area contributed by atoms with Crippen LogP contribution in [0.1, 0.15) is 309 Å². The van der Waals surface area contributed by atoms with Crippen molar-refractivity contribution in [1.82, 2.24) is 5.32 Å². The van der Waals surface area contributed by atoms with E-state index in [2.05, 4.69) is 19.2 Å². The highest BCUT2D eigenvalue weighted by molar-refractivity contribution is 5.76. The van der Waals surface area contributed by atoms with Crippen molar-refractivity contribution in [2.45, 2.75) is 321 Å². The minimum atomic E-state index is -0.677. The van der Waals surface area contributed by atoms with Gasteiger partial charge in [-0.15, -0.1) is 0 Å². The van der Waals surface area contributed by atoms with Crippen molar-refractivity contribution in [2.24, 2.45) is 0 Å². The van der Waals surface area contributed by atoms with Crippen LogP contribution in [0.5, 0.6) is 0 Å². The van der Waals surface area contributed by atoms with Crippen LogP contribution in [0.4, 0.5) is 0 Å². The van der Waals surface area contributed by atoms with Crippen LogP contribution in [0.15, 0.2) is 0 Å². The van der Waals surface area contributed by atoms with Gasteiger partial charge in [0.2, 0.25) is 5.91 Å². The zero-order valence-corrected chi connectivity index (χ0v) is 40.7. The number of rotatable bonds is 51. The maximum Gasteiger partial charge on any atom is 0.305 e. The largest absolute Gasteiger partial charge is 0.466 e. The number of aliphatic hydroxyl groups is 2. The minimum absolute atomic E-state index is 0.0136. The molecule has 2 atom stereocenters. The first-order valence-electron chi connectivity index (χ1n) is 27.3. The molecular formula is C54H107NO5. The number of amides is 1. The fourth-order valence-electron chi connectivity index (χ4n) is 8.70. The summed E-state index contributed by atoms with van der Waals surface area (Å²) in [5.41, 5.74) is 0. The lowest BCUT2D eigenvalue weighted by Gasteiger charge is -2.22. The fraction of sp³-hybridized carbons (Fsp3) is 0.963. The molecule has 358 valence electrons. The molecule has 6 nitrogen and oxygen atoms in total. The molecule has 0 rings (SSSR count). The molecule has 0 saturated heterocycles. The Bertz CT molecular complexity index is 852. The number of carbonyl (C=O) groups is 2. The molecule has 0 aliphatic heterocycles. The predicted molar refractivity (Wildman–Crippen MR) is 260 cm³/mol. The van der Waals surface area contributed by atoms with E-state index in [1.165, 1.54) is 218 Å². The molecule has 0 spiro atoms. The SMILES string of the molecule is CCCCCCCCCCCCCCCCCCCCC(=O)OCCCCCCCCCCCCC(=O)NC(CO)C(O)CCCCCCCCCCCCCCCCC. The molecule has 0 saturated carbocycles. The van der Waals surface area contributed by atoms with Crippen LogP contribution in [-0.4, -0.2) is 47.4 Å². The molecule has 0 aromatic heterocycles. The van der Waals surface area contributed by atoms with Crippen molar-refractivity contribution in [3.8, 4) is 0 Å². The Hall–Kier alpha value is -1.14. The van der Waals surface area contributed by atoms with Crippen LogP contribution in [-0.2, 0) is 14.3 Å². The van der Waals surface area contributed by atoms with Gasteiger partial charge in [-0.25, -0.2) is 0 Å². The number of hydrogen-bond acceptors (Lipinski definition) is 5. The van der Waals surface area contributed by atoms with Gasteiger partial charge in [0.1, 0.15) is 0 Å². The van der Waals surface area contributed by atoms with Crippen molar-refractivity contribution in [1.29, 1.82) is 0 Å². The number of hydrogen-bond donors (Lipinski definition) is 3. The molecular weight excluding hydrogens is 743 g/mol. The molecule has 0 radical (unpaired) electrons. The van der Waals surface area contributed by atoms with Crippen molar-refractivity contribution < 1.29 is 24.5 Å². The van der Waals surface area contributed by atoms with Gasteiger partial charge in [0.25, 0.3) is 0 Å². The Balaban J connectivity index is 3.43. The third kappa shape index (κ3) is 46.4. The molecule has 0 aliphatic carbocycles. The summed E-state index contributed by atoms with van der Waals surface area (Å²) in [6.45, 7) is 4.93. The quantitative estimate of drug-likeness (QED) is 0.0418. The van der Waals surface area contributed by atoms with Crippen molar-refractivity contribution in [2.75, 3.05) is 13.2 Å². The molecule has 0 aliphatic rings. The van der Waals surface area contributed by atoms with E-state index in [4.69, 9.17) is 4.74 Å². The Morgan fingerprint density at radius 3 is 1.02 bits per heavy atom. The lowest BCUT2D eigenvalue weighted by molar-refractivity contribution is -0.143. The van der Waals surface area contributed by atoms with Crippen LogP contribution < -0.4 is 5.32 Å². The lowest BCUT2D eigenvalue weighted by Crippen LogP contribution is -2.45. The van der Waals surface area contributed by atoms with Gasteiger partial charge in [-0.1, -0.05) is 271 Å². The molecule has 0 fully saturated rings. The molecule has 0 heterocycles. The van der Waals surface area contributed by atoms with Gasteiger partial charge in [-0.3, -0.25) is 9.59 Å². The average molecular weight is 850 g/mol. The van der Waals surface area contributed by atoms with Crippen LogP contribution in [0.25, 0.3) is 0 Å². The normalized spacial score (nSPS) is 12.5. The van der Waals surface area contributed by atoms with E-state index in [0.717, 1.165) is 57.8 Å². The molecule has 1 amide bonds. The summed E-state index contributed by atoms with van der Waals surface area (Å²) in [6, 6.07) is -0.556. The van der Waals surface area contributed by atoms with Crippen LogP contribution >= 0.6 is 0 Å². The number of nitrogens with one attached hydrogen (secondary N) is 1. The zero-order valence-electron chi connectivity index (χ0n) is 40.7. The van der Waals surface area contributed by atoms with Crippen LogP contribution in [0.2, 0.25) is 0 Å². The highest BCUT2D eigenvalue weighted by atomic mass is 16.5. The Morgan fingerprint density at radius 2 is 0.683 bits per heavy atom. The maximum absolute atomic E-state index is 12.5. The summed E-state index contributed by atoms with van der Waals surface area (Å²) in [4.78, 5) is 24.5. The second-order valence-corrected chi connectivity index (χ2v) is 18.9. The van der Waals surface area contributed by atoms with E-state index in [-0.39, 0.29) is 18.5 Å². The summed E-state index contributed by atoms with van der Waals surface area (Å²) < 4.78 is 5.47. The van der Waals surface area contributed by atoms with E-state index < -0.39 is 12.1 Å². The topological polar surface area (TPSA) is 95.9 Å². The van der Waals surface area contributed by atoms with Crippen LogP contribution in [0.3, 0.4) is 0 Å². The molecule has 60 heavy (non-hydrogen) atoms. The van der Waals surface area contributed by atoms with Crippen LogP contribution in [0, 0.1) is 0 Å². The summed E-state index contributed by atoms with van der Waals surface area (Å²) in [5.74, 6) is -0.0683.